The summed E-state index contributed by atoms with van der Waals surface area (Å²) in [5.74, 6) is -1.35. The van der Waals surface area contributed by atoms with Gasteiger partial charge in [0.2, 0.25) is 0 Å². The summed E-state index contributed by atoms with van der Waals surface area (Å²) in [4.78, 5) is 51.5. The first-order valence-electron chi connectivity index (χ1n) is 17.0. The maximum atomic E-state index is 12.8. The molecule has 2 heterocycles. The van der Waals surface area contributed by atoms with Gasteiger partial charge in [0.05, 0.1) is 25.3 Å². The van der Waals surface area contributed by atoms with Crippen molar-refractivity contribution in [3.05, 3.63) is 30.1 Å². The zero-order chi connectivity index (χ0) is 32.9. The van der Waals surface area contributed by atoms with Crippen LogP contribution in [0.2, 0.25) is 0 Å². The smallest absolute Gasteiger partial charge is 0.407 e. The van der Waals surface area contributed by atoms with Crippen molar-refractivity contribution in [2.24, 2.45) is 0 Å². The van der Waals surface area contributed by atoms with Gasteiger partial charge in [-0.3, -0.25) is 9.69 Å². The molecule has 45 heavy (non-hydrogen) atoms. The molecule has 2 unspecified atom stereocenters. The summed E-state index contributed by atoms with van der Waals surface area (Å²) in [6.45, 7) is 5.00. The minimum absolute atomic E-state index is 0.0303. The van der Waals surface area contributed by atoms with E-state index in [9.17, 15) is 19.2 Å². The number of aromatic nitrogens is 1. The first-order chi connectivity index (χ1) is 21.8. The van der Waals surface area contributed by atoms with Crippen LogP contribution in [0.4, 0.5) is 9.59 Å². The molecular formula is C34H57N4O7+. The summed E-state index contributed by atoms with van der Waals surface area (Å²) in [6, 6.07) is 2.55. The van der Waals surface area contributed by atoms with Gasteiger partial charge in [-0.15, -0.1) is 0 Å². The quantitative estimate of drug-likeness (QED) is 0.0775. The number of hydrogen-bond acceptors (Lipinski definition) is 6. The monoisotopic (exact) mass is 633 g/mol. The van der Waals surface area contributed by atoms with Crippen molar-refractivity contribution < 1.29 is 38.3 Å². The Morgan fingerprint density at radius 3 is 2.18 bits per heavy atom. The Hall–Kier alpha value is -3.21. The number of carbonyl (C=O) groups is 4. The predicted molar refractivity (Wildman–Crippen MR) is 172 cm³/mol. The maximum absolute atomic E-state index is 12.8. The van der Waals surface area contributed by atoms with Crippen LogP contribution < -0.4 is 9.88 Å². The van der Waals surface area contributed by atoms with E-state index in [1.54, 1.807) is 23.9 Å². The highest BCUT2D eigenvalue weighted by Gasteiger charge is 2.36. The Labute approximate surface area is 269 Å². The highest BCUT2D eigenvalue weighted by Crippen LogP contribution is 2.15. The molecule has 0 aromatic carbocycles. The fourth-order valence-electron chi connectivity index (χ4n) is 5.58. The molecule has 11 nitrogen and oxygen atoms in total. The van der Waals surface area contributed by atoms with Gasteiger partial charge in [0, 0.05) is 19.7 Å². The number of alkyl carbamates (subject to hydrolysis) is 1. The number of imide groups is 1. The topological polar surface area (TPSA) is 129 Å². The molecule has 0 aliphatic carbocycles. The molecule has 2 rings (SSSR count). The van der Waals surface area contributed by atoms with E-state index in [0.29, 0.717) is 6.42 Å². The second-order valence-electron chi connectivity index (χ2n) is 12.1. The van der Waals surface area contributed by atoms with Crippen molar-refractivity contribution in [2.75, 3.05) is 33.4 Å². The van der Waals surface area contributed by atoms with Gasteiger partial charge >= 0.3 is 18.1 Å². The van der Waals surface area contributed by atoms with Gasteiger partial charge in [-0.05, 0) is 25.8 Å². The Kier molecular flexibility index (Phi) is 18.8. The molecule has 0 saturated carbocycles. The van der Waals surface area contributed by atoms with Crippen LogP contribution in [0, 0.1) is 0 Å². The Morgan fingerprint density at radius 2 is 1.58 bits per heavy atom. The lowest BCUT2D eigenvalue weighted by Crippen LogP contribution is -2.43. The second-order valence-corrected chi connectivity index (χ2v) is 12.1. The van der Waals surface area contributed by atoms with E-state index in [-0.39, 0.29) is 56.4 Å². The SMILES string of the molecule is CCCCCCCCCCCCCCCC(NC(=O)OCCCN1CC(=O)N(CC[n+]2cccc(C(=O)O)c2)C1=O)C(C)OC. The Bertz CT molecular complexity index is 1040. The Morgan fingerprint density at radius 1 is 0.956 bits per heavy atom. The van der Waals surface area contributed by atoms with Crippen LogP contribution in [0.5, 0.6) is 0 Å². The number of carboxylic acids is 1. The van der Waals surface area contributed by atoms with Crippen molar-refractivity contribution in [1.29, 1.82) is 0 Å². The summed E-state index contributed by atoms with van der Waals surface area (Å²) >= 11 is 0. The van der Waals surface area contributed by atoms with E-state index in [2.05, 4.69) is 12.2 Å². The molecule has 1 aliphatic rings. The number of hydrogen-bond donors (Lipinski definition) is 2. The third-order valence-electron chi connectivity index (χ3n) is 8.48. The van der Waals surface area contributed by atoms with Gasteiger partial charge in [-0.1, -0.05) is 90.4 Å². The minimum Gasteiger partial charge on any atom is -0.477 e. The number of pyridine rings is 1. The normalized spacial score (nSPS) is 14.6. The van der Waals surface area contributed by atoms with Crippen LogP contribution in [0.25, 0.3) is 0 Å². The molecule has 0 spiro atoms. The van der Waals surface area contributed by atoms with Crippen LogP contribution in [-0.4, -0.2) is 84.4 Å². The molecule has 1 saturated heterocycles. The second kappa shape index (κ2) is 22.3. The number of nitrogens with one attached hydrogen (secondary N) is 1. The van der Waals surface area contributed by atoms with E-state index in [1.165, 1.54) is 92.7 Å². The number of unbranched alkanes of at least 4 members (excludes halogenated alkanes) is 12. The van der Waals surface area contributed by atoms with Crippen molar-refractivity contribution in [3.63, 3.8) is 0 Å². The zero-order valence-corrected chi connectivity index (χ0v) is 27.8. The molecule has 2 atom stereocenters. The van der Waals surface area contributed by atoms with E-state index in [4.69, 9.17) is 14.6 Å². The summed E-state index contributed by atoms with van der Waals surface area (Å²) in [6.07, 6.45) is 20.5. The number of aromatic carboxylic acids is 1. The molecule has 254 valence electrons. The fraction of sp³-hybridized carbons (Fsp3) is 0.735. The number of nitrogens with zero attached hydrogens (tertiary/aromatic N) is 3. The molecule has 1 fully saturated rings. The standard InChI is InChI=1S/C34H56N4O7/c1-4-5-6-7-8-9-10-11-12-13-14-15-16-20-30(28(2)44-3)35-33(42)45-25-18-22-37-27-31(39)38(34(37)43)24-23-36-21-17-19-29(26-36)32(40)41/h17,19,21,26,28,30H,4-16,18,20,22-25,27H2,1-3H3,(H-,35,40,41,42)/p+1. The molecule has 4 amide bonds. The van der Waals surface area contributed by atoms with Crippen LogP contribution in [0.3, 0.4) is 0 Å². The van der Waals surface area contributed by atoms with Crippen LogP contribution in [0.15, 0.2) is 24.5 Å². The number of methoxy groups -OCH3 is 1. The summed E-state index contributed by atoms with van der Waals surface area (Å²) in [7, 11) is 1.64. The predicted octanol–water partition coefficient (Wildman–Crippen LogP) is 5.94. The first-order valence-corrected chi connectivity index (χ1v) is 17.0. The van der Waals surface area contributed by atoms with Gasteiger partial charge in [-0.2, -0.15) is 0 Å². The van der Waals surface area contributed by atoms with E-state index < -0.39 is 18.1 Å². The fourth-order valence-corrected chi connectivity index (χ4v) is 5.58. The molecule has 0 bridgehead atoms. The highest BCUT2D eigenvalue weighted by atomic mass is 16.5. The van der Waals surface area contributed by atoms with E-state index >= 15 is 0 Å². The summed E-state index contributed by atoms with van der Waals surface area (Å²) in [5.41, 5.74) is 0.129. The summed E-state index contributed by atoms with van der Waals surface area (Å²) in [5, 5.41) is 12.1. The third-order valence-corrected chi connectivity index (χ3v) is 8.48. The van der Waals surface area contributed by atoms with Crippen molar-refractivity contribution >= 4 is 24.0 Å². The lowest BCUT2D eigenvalue weighted by atomic mass is 10.0. The van der Waals surface area contributed by atoms with Crippen molar-refractivity contribution in [1.82, 2.24) is 15.1 Å². The largest absolute Gasteiger partial charge is 0.477 e. The number of carboxylic acid groups (broad SMARTS) is 1. The highest BCUT2D eigenvalue weighted by molar-refractivity contribution is 6.01. The molecule has 1 aliphatic heterocycles. The van der Waals surface area contributed by atoms with Crippen molar-refractivity contribution in [2.45, 2.75) is 129 Å². The van der Waals surface area contributed by atoms with Gasteiger partial charge in [0.25, 0.3) is 5.91 Å². The lowest BCUT2D eigenvalue weighted by Gasteiger charge is -2.24. The minimum atomic E-state index is -1.04. The van der Waals surface area contributed by atoms with Crippen molar-refractivity contribution in [3.8, 4) is 0 Å². The first kappa shape index (κ1) is 38.0. The average molecular weight is 634 g/mol. The number of rotatable bonds is 25. The number of urea groups is 1. The van der Waals surface area contributed by atoms with Crippen LogP contribution >= 0.6 is 0 Å². The average Bonchev–Trinajstić information content (AvgIpc) is 3.30. The molecule has 2 N–H and O–H groups in total. The van der Waals surface area contributed by atoms with Gasteiger partial charge in [0.15, 0.2) is 18.9 Å². The molecule has 1 aromatic rings. The van der Waals surface area contributed by atoms with Gasteiger partial charge < -0.3 is 24.8 Å². The third kappa shape index (κ3) is 15.1. The maximum Gasteiger partial charge on any atom is 0.407 e. The van der Waals surface area contributed by atoms with Crippen LogP contribution in [-0.2, 0) is 20.8 Å². The lowest BCUT2D eigenvalue weighted by molar-refractivity contribution is -0.696. The van der Waals surface area contributed by atoms with Crippen LogP contribution in [0.1, 0.15) is 121 Å². The Balaban J connectivity index is 1.59. The molecule has 1 aromatic heterocycles. The zero-order valence-electron chi connectivity index (χ0n) is 27.8. The van der Waals surface area contributed by atoms with E-state index in [0.717, 1.165) is 19.3 Å². The van der Waals surface area contributed by atoms with E-state index in [1.807, 2.05) is 6.92 Å². The summed E-state index contributed by atoms with van der Waals surface area (Å²) < 4.78 is 12.5. The number of amides is 4. The number of ether oxygens (including phenoxy) is 2. The molecule has 0 radical (unpaired) electrons. The van der Waals surface area contributed by atoms with Gasteiger partial charge in [0.1, 0.15) is 12.1 Å². The molecular weight excluding hydrogens is 576 g/mol. The van der Waals surface area contributed by atoms with Gasteiger partial charge in [-0.25, -0.2) is 19.0 Å². The number of carbonyl (C=O) groups excluding carboxylic acids is 3. The molecule has 11 heteroatoms.